The van der Waals surface area contributed by atoms with Crippen molar-refractivity contribution in [2.45, 2.75) is 19.3 Å². The summed E-state index contributed by atoms with van der Waals surface area (Å²) < 4.78 is 0. The van der Waals surface area contributed by atoms with Gasteiger partial charge in [0.2, 0.25) is 0 Å². The predicted molar refractivity (Wildman–Crippen MR) is 123 cm³/mol. The van der Waals surface area contributed by atoms with Gasteiger partial charge in [0.1, 0.15) is 0 Å². The Morgan fingerprint density at radius 3 is 2.40 bits per heavy atom. The van der Waals surface area contributed by atoms with E-state index >= 15 is 0 Å². The van der Waals surface area contributed by atoms with Crippen molar-refractivity contribution in [1.29, 1.82) is 0 Å². The van der Waals surface area contributed by atoms with E-state index in [0.29, 0.717) is 12.1 Å². The van der Waals surface area contributed by atoms with Gasteiger partial charge in [0.15, 0.2) is 0 Å². The van der Waals surface area contributed by atoms with Gasteiger partial charge in [-0.3, -0.25) is 4.98 Å². The van der Waals surface area contributed by atoms with E-state index in [4.69, 9.17) is 0 Å². The molecule has 5 heteroatoms. The third-order valence-electron chi connectivity index (χ3n) is 5.64. The highest BCUT2D eigenvalue weighted by Gasteiger charge is 2.24. The van der Waals surface area contributed by atoms with Gasteiger partial charge in [-0.15, -0.1) is 0 Å². The number of aryl methyl sites for hydroxylation is 1. The van der Waals surface area contributed by atoms with Gasteiger partial charge in [-0.1, -0.05) is 35.5 Å². The minimum atomic E-state index is 0.0384. The number of anilines is 1. The van der Waals surface area contributed by atoms with E-state index in [1.807, 2.05) is 32.3 Å². The summed E-state index contributed by atoms with van der Waals surface area (Å²) in [4.78, 5) is 9.69. The highest BCUT2D eigenvalue weighted by molar-refractivity contribution is 6.01. The topological polar surface area (TPSA) is 64.5 Å². The largest absolute Gasteiger partial charge is 0.411 e. The summed E-state index contributed by atoms with van der Waals surface area (Å²) in [5.74, 6) is 0.0384. The number of rotatable bonds is 6. The number of benzene rings is 2. The molecule has 2 heterocycles. The van der Waals surface area contributed by atoms with E-state index in [1.165, 1.54) is 16.5 Å². The molecule has 4 rings (SSSR count). The van der Waals surface area contributed by atoms with Crippen LogP contribution < -0.4 is 4.90 Å². The molecule has 152 valence electrons. The van der Waals surface area contributed by atoms with Crippen molar-refractivity contribution in [3.63, 3.8) is 0 Å². The lowest BCUT2D eigenvalue weighted by Crippen LogP contribution is -2.12. The van der Waals surface area contributed by atoms with Crippen LogP contribution in [0.2, 0.25) is 0 Å². The number of nitrogens with one attached hydrogen (secondary N) is 1. The van der Waals surface area contributed by atoms with Crippen molar-refractivity contribution in [1.82, 2.24) is 9.97 Å². The van der Waals surface area contributed by atoms with Crippen LogP contribution in [0.15, 0.2) is 78.2 Å². The Balaban J connectivity index is 1.83. The average molecular weight is 399 g/mol. The standard InChI is InChI=1S/C25H26N4O/c1-17-25(21-6-4-5-7-23(21)27-17)22(18-8-10-20(11-9-18)29(2)3)16-24(28-30)19-12-14-26-15-13-19/h4-15,22,27,30H,16H2,1-3H3/b28-24+. The highest BCUT2D eigenvalue weighted by Crippen LogP contribution is 2.37. The minimum absolute atomic E-state index is 0.0384. The molecule has 5 nitrogen and oxygen atoms in total. The smallest absolute Gasteiger partial charge is 0.0878 e. The van der Waals surface area contributed by atoms with E-state index in [1.54, 1.807) is 12.4 Å². The Bertz CT molecular complexity index is 1160. The highest BCUT2D eigenvalue weighted by atomic mass is 16.4. The van der Waals surface area contributed by atoms with Gasteiger partial charge in [-0.2, -0.15) is 0 Å². The van der Waals surface area contributed by atoms with Crippen molar-refractivity contribution < 1.29 is 5.21 Å². The molecule has 0 spiro atoms. The average Bonchev–Trinajstić information content (AvgIpc) is 3.11. The summed E-state index contributed by atoms with van der Waals surface area (Å²) in [5, 5.41) is 14.7. The van der Waals surface area contributed by atoms with Crippen LogP contribution in [0.3, 0.4) is 0 Å². The van der Waals surface area contributed by atoms with E-state index in [-0.39, 0.29) is 5.92 Å². The van der Waals surface area contributed by atoms with Crippen LogP contribution in [0.5, 0.6) is 0 Å². The second-order valence-electron chi connectivity index (χ2n) is 7.73. The Hall–Kier alpha value is -3.60. The number of aromatic amines is 1. The van der Waals surface area contributed by atoms with Crippen LogP contribution in [0, 0.1) is 6.92 Å². The zero-order valence-electron chi connectivity index (χ0n) is 17.5. The van der Waals surface area contributed by atoms with Gasteiger partial charge in [0.25, 0.3) is 0 Å². The summed E-state index contributed by atoms with van der Waals surface area (Å²) in [6.07, 6.45) is 4.02. The van der Waals surface area contributed by atoms with Crippen LogP contribution in [0.1, 0.15) is 34.7 Å². The Kier molecular flexibility index (Phi) is 5.53. The number of para-hydroxylation sites is 1. The molecule has 2 aromatic carbocycles. The van der Waals surface area contributed by atoms with Gasteiger partial charge < -0.3 is 15.1 Å². The molecule has 1 atom stereocenters. The molecule has 0 bridgehead atoms. The van der Waals surface area contributed by atoms with Crippen LogP contribution in [0.4, 0.5) is 5.69 Å². The van der Waals surface area contributed by atoms with Crippen molar-refractivity contribution >= 4 is 22.3 Å². The van der Waals surface area contributed by atoms with E-state index in [9.17, 15) is 5.21 Å². The first-order valence-corrected chi connectivity index (χ1v) is 10.0. The first-order valence-electron chi connectivity index (χ1n) is 10.0. The molecule has 0 fully saturated rings. The number of nitrogens with zero attached hydrogens (tertiary/aromatic N) is 3. The lowest BCUT2D eigenvalue weighted by molar-refractivity contribution is 0.317. The Morgan fingerprint density at radius 1 is 1.03 bits per heavy atom. The SMILES string of the molecule is Cc1[nH]c2ccccc2c1C(C/C(=N\O)c1ccncc1)c1ccc(N(C)C)cc1. The van der Waals surface area contributed by atoms with Crippen LogP contribution in [-0.2, 0) is 0 Å². The molecular weight excluding hydrogens is 372 g/mol. The number of pyridine rings is 1. The summed E-state index contributed by atoms with van der Waals surface area (Å²) in [6, 6.07) is 20.7. The fraction of sp³-hybridized carbons (Fsp3) is 0.200. The van der Waals surface area contributed by atoms with E-state index in [2.05, 4.69) is 69.4 Å². The zero-order chi connectivity index (χ0) is 21.1. The summed E-state index contributed by atoms with van der Waals surface area (Å²) in [5.41, 5.74) is 7.33. The zero-order valence-corrected chi connectivity index (χ0v) is 17.5. The number of hydrogen-bond acceptors (Lipinski definition) is 4. The molecule has 0 aliphatic rings. The number of oxime groups is 1. The lowest BCUT2D eigenvalue weighted by atomic mass is 9.84. The molecule has 0 saturated heterocycles. The van der Waals surface area contributed by atoms with E-state index in [0.717, 1.165) is 22.5 Å². The summed E-state index contributed by atoms with van der Waals surface area (Å²) in [7, 11) is 4.08. The van der Waals surface area contributed by atoms with Gasteiger partial charge in [0, 0.05) is 66.7 Å². The monoisotopic (exact) mass is 398 g/mol. The van der Waals surface area contributed by atoms with Crippen molar-refractivity contribution in [2.24, 2.45) is 5.16 Å². The van der Waals surface area contributed by atoms with Crippen LogP contribution in [0.25, 0.3) is 10.9 Å². The molecule has 1 unspecified atom stereocenters. The number of hydrogen-bond donors (Lipinski definition) is 2. The number of aromatic nitrogens is 2. The lowest BCUT2D eigenvalue weighted by Gasteiger charge is -2.21. The van der Waals surface area contributed by atoms with E-state index < -0.39 is 0 Å². The predicted octanol–water partition coefficient (Wildman–Crippen LogP) is 5.34. The van der Waals surface area contributed by atoms with Gasteiger partial charge in [-0.25, -0.2) is 0 Å². The van der Waals surface area contributed by atoms with Gasteiger partial charge in [-0.05, 0) is 48.4 Å². The fourth-order valence-electron chi connectivity index (χ4n) is 4.09. The van der Waals surface area contributed by atoms with Crippen molar-refractivity contribution in [3.8, 4) is 0 Å². The molecule has 0 saturated carbocycles. The molecular formula is C25H26N4O. The first-order chi connectivity index (χ1) is 14.6. The fourth-order valence-corrected chi connectivity index (χ4v) is 4.09. The molecule has 0 amide bonds. The summed E-state index contributed by atoms with van der Waals surface area (Å²) in [6.45, 7) is 2.11. The van der Waals surface area contributed by atoms with Crippen LogP contribution >= 0.6 is 0 Å². The third-order valence-corrected chi connectivity index (χ3v) is 5.64. The second-order valence-corrected chi connectivity index (χ2v) is 7.73. The Morgan fingerprint density at radius 2 is 1.73 bits per heavy atom. The first kappa shape index (κ1) is 19.7. The number of H-pyrrole nitrogens is 1. The maximum absolute atomic E-state index is 9.83. The molecule has 0 aliphatic heterocycles. The minimum Gasteiger partial charge on any atom is -0.411 e. The maximum atomic E-state index is 9.83. The molecule has 30 heavy (non-hydrogen) atoms. The molecule has 4 aromatic rings. The van der Waals surface area contributed by atoms with Gasteiger partial charge in [0.05, 0.1) is 5.71 Å². The molecule has 0 aliphatic carbocycles. The normalized spacial score (nSPS) is 12.8. The molecule has 2 N–H and O–H groups in total. The second kappa shape index (κ2) is 8.41. The number of fused-ring (bicyclic) bond motifs is 1. The van der Waals surface area contributed by atoms with Gasteiger partial charge >= 0.3 is 0 Å². The Labute approximate surface area is 176 Å². The maximum Gasteiger partial charge on any atom is 0.0878 e. The summed E-state index contributed by atoms with van der Waals surface area (Å²) >= 11 is 0. The van der Waals surface area contributed by atoms with Crippen molar-refractivity contribution in [3.05, 3.63) is 95.4 Å². The third kappa shape index (κ3) is 3.79. The quantitative estimate of drug-likeness (QED) is 0.262. The van der Waals surface area contributed by atoms with Crippen LogP contribution in [-0.4, -0.2) is 35.0 Å². The molecule has 0 radical (unpaired) electrons. The van der Waals surface area contributed by atoms with Crippen molar-refractivity contribution in [2.75, 3.05) is 19.0 Å². The molecule has 2 aromatic heterocycles.